The molecule has 3 heterocycles. The number of nitrogens with one attached hydrogen (secondary N) is 2. The zero-order valence-electron chi connectivity index (χ0n) is 13.2. The van der Waals surface area contributed by atoms with Crippen molar-refractivity contribution in [1.29, 1.82) is 0 Å². The van der Waals surface area contributed by atoms with Crippen molar-refractivity contribution in [3.05, 3.63) is 0 Å². The van der Waals surface area contributed by atoms with Crippen molar-refractivity contribution >= 4 is 23.6 Å². The molecule has 5 N–H and O–H groups in total. The fraction of sp³-hybridized carbons (Fsp3) is 0.857. The number of rotatable bonds is 3. The van der Waals surface area contributed by atoms with Gasteiger partial charge in [0, 0.05) is 45.0 Å². The van der Waals surface area contributed by atoms with Crippen LogP contribution in [0.5, 0.6) is 0 Å². The van der Waals surface area contributed by atoms with E-state index in [1.807, 2.05) is 4.90 Å². The molecule has 0 bridgehead atoms. The van der Waals surface area contributed by atoms with Crippen molar-refractivity contribution in [2.45, 2.75) is 23.4 Å². The maximum atomic E-state index is 12.6. The summed E-state index contributed by atoms with van der Waals surface area (Å²) in [7, 11) is 0. The van der Waals surface area contributed by atoms with Crippen LogP contribution in [0.15, 0.2) is 0 Å². The number of likely N-dealkylation sites (tertiary alicyclic amines) is 1. The van der Waals surface area contributed by atoms with Gasteiger partial charge in [0.2, 0.25) is 11.8 Å². The Bertz CT molecular complexity index is 473. The minimum Gasteiger partial charge on any atom is -0.394 e. The summed E-state index contributed by atoms with van der Waals surface area (Å²) >= 11 is 1.72. The van der Waals surface area contributed by atoms with E-state index in [1.54, 1.807) is 16.7 Å². The van der Waals surface area contributed by atoms with E-state index in [1.165, 1.54) is 0 Å². The monoisotopic (exact) mass is 343 g/mol. The molecule has 1 spiro atoms. The van der Waals surface area contributed by atoms with E-state index in [2.05, 4.69) is 10.6 Å². The van der Waals surface area contributed by atoms with Gasteiger partial charge in [-0.05, 0) is 6.42 Å². The summed E-state index contributed by atoms with van der Waals surface area (Å²) in [6.07, 6.45) is 0.799. The van der Waals surface area contributed by atoms with Gasteiger partial charge in [-0.3, -0.25) is 14.9 Å². The van der Waals surface area contributed by atoms with Gasteiger partial charge in [-0.1, -0.05) is 0 Å². The van der Waals surface area contributed by atoms with Crippen molar-refractivity contribution in [1.82, 2.24) is 20.4 Å². The normalized spacial score (nSPS) is 32.5. The fourth-order valence-electron chi connectivity index (χ4n) is 3.40. The summed E-state index contributed by atoms with van der Waals surface area (Å²) in [6.45, 7) is 4.01. The molecule has 23 heavy (non-hydrogen) atoms. The van der Waals surface area contributed by atoms with E-state index in [4.69, 9.17) is 10.8 Å². The van der Waals surface area contributed by atoms with Gasteiger partial charge in [0.1, 0.15) is 6.04 Å². The van der Waals surface area contributed by atoms with E-state index in [-0.39, 0.29) is 29.3 Å². The Morgan fingerprint density at radius 2 is 2.04 bits per heavy atom. The highest BCUT2D eigenvalue weighted by atomic mass is 32.2. The van der Waals surface area contributed by atoms with Gasteiger partial charge in [0.25, 0.3) is 0 Å². The molecule has 0 aromatic rings. The number of amides is 2. The molecule has 0 aliphatic carbocycles. The van der Waals surface area contributed by atoms with Crippen LogP contribution in [-0.4, -0.2) is 95.3 Å². The standard InChI is InChI=1S/C14H25N5O3S/c15-10(7-20)12(21)19-4-1-14(9-19)17-11(8-23-14)13(22)18-5-2-16-3-6-18/h10-11,16-17,20H,1-9,15H2/t10-,11-,14?/m0/s1. The van der Waals surface area contributed by atoms with Crippen molar-refractivity contribution in [3.8, 4) is 0 Å². The molecular formula is C14H25N5O3S. The van der Waals surface area contributed by atoms with Gasteiger partial charge >= 0.3 is 0 Å². The molecule has 130 valence electrons. The van der Waals surface area contributed by atoms with Gasteiger partial charge in [0.15, 0.2) is 0 Å². The third-order valence-corrected chi connectivity index (χ3v) is 6.25. The van der Waals surface area contributed by atoms with E-state index >= 15 is 0 Å². The van der Waals surface area contributed by atoms with E-state index in [0.717, 1.165) is 38.4 Å². The van der Waals surface area contributed by atoms with Crippen LogP contribution >= 0.6 is 11.8 Å². The molecule has 3 saturated heterocycles. The number of nitrogens with zero attached hydrogens (tertiary/aromatic N) is 2. The lowest BCUT2D eigenvalue weighted by atomic mass is 10.2. The minimum absolute atomic E-state index is 0.160. The Kier molecular flexibility index (Phi) is 5.12. The maximum absolute atomic E-state index is 12.6. The largest absolute Gasteiger partial charge is 0.394 e. The van der Waals surface area contributed by atoms with E-state index in [9.17, 15) is 9.59 Å². The Morgan fingerprint density at radius 1 is 1.30 bits per heavy atom. The summed E-state index contributed by atoms with van der Waals surface area (Å²) in [5.74, 6) is 0.674. The number of carbonyl (C=O) groups excluding carboxylic acids is 2. The number of nitrogens with two attached hydrogens (primary N) is 1. The van der Waals surface area contributed by atoms with Crippen LogP contribution in [0.4, 0.5) is 0 Å². The summed E-state index contributed by atoms with van der Waals surface area (Å²) < 4.78 is 0. The zero-order chi connectivity index (χ0) is 16.4. The smallest absolute Gasteiger partial charge is 0.241 e. The van der Waals surface area contributed by atoms with Crippen LogP contribution in [-0.2, 0) is 9.59 Å². The first kappa shape index (κ1) is 17.0. The molecule has 3 aliphatic heterocycles. The van der Waals surface area contributed by atoms with Gasteiger partial charge in [-0.2, -0.15) is 0 Å². The summed E-state index contributed by atoms with van der Waals surface area (Å²) in [4.78, 5) is 28.1. The van der Waals surface area contributed by atoms with E-state index in [0.29, 0.717) is 13.1 Å². The Morgan fingerprint density at radius 3 is 2.74 bits per heavy atom. The van der Waals surface area contributed by atoms with Gasteiger partial charge in [-0.25, -0.2) is 0 Å². The SMILES string of the molecule is N[C@@H](CO)C(=O)N1CCC2(C1)N[C@H](C(=O)N1CCNCC1)CS2. The van der Waals surface area contributed by atoms with Crippen molar-refractivity contribution in [2.75, 3.05) is 51.6 Å². The second kappa shape index (κ2) is 6.94. The molecular weight excluding hydrogens is 318 g/mol. The molecule has 2 amide bonds. The van der Waals surface area contributed by atoms with Crippen molar-refractivity contribution in [3.63, 3.8) is 0 Å². The van der Waals surface area contributed by atoms with Crippen LogP contribution in [0.1, 0.15) is 6.42 Å². The second-order valence-corrected chi connectivity index (χ2v) is 7.78. The number of aliphatic hydroxyl groups is 1. The predicted molar refractivity (Wildman–Crippen MR) is 87.8 cm³/mol. The molecule has 3 fully saturated rings. The Hall–Kier alpha value is -0.870. The molecule has 1 unspecified atom stereocenters. The average molecular weight is 343 g/mol. The van der Waals surface area contributed by atoms with Gasteiger partial charge < -0.3 is 26.0 Å². The van der Waals surface area contributed by atoms with Crippen LogP contribution in [0, 0.1) is 0 Å². The Labute approximate surface area is 140 Å². The molecule has 0 radical (unpaired) electrons. The second-order valence-electron chi connectivity index (χ2n) is 6.38. The zero-order valence-corrected chi connectivity index (χ0v) is 14.0. The number of thioether (sulfide) groups is 1. The topological polar surface area (TPSA) is 111 Å². The summed E-state index contributed by atoms with van der Waals surface area (Å²) in [5.41, 5.74) is 5.62. The first-order valence-corrected chi connectivity index (χ1v) is 9.10. The third kappa shape index (κ3) is 3.48. The quantitative estimate of drug-likeness (QED) is 0.444. The number of aliphatic hydroxyl groups excluding tert-OH is 1. The highest BCUT2D eigenvalue weighted by Gasteiger charge is 2.48. The fourth-order valence-corrected chi connectivity index (χ4v) is 4.82. The van der Waals surface area contributed by atoms with Crippen molar-refractivity contribution < 1.29 is 14.7 Å². The molecule has 3 aliphatic rings. The maximum Gasteiger partial charge on any atom is 0.241 e. The number of piperazine rings is 1. The van der Waals surface area contributed by atoms with Gasteiger partial charge in [0.05, 0.1) is 17.5 Å². The minimum atomic E-state index is -0.852. The van der Waals surface area contributed by atoms with E-state index < -0.39 is 6.04 Å². The molecule has 3 atom stereocenters. The van der Waals surface area contributed by atoms with Gasteiger partial charge in [-0.15, -0.1) is 11.8 Å². The lowest BCUT2D eigenvalue weighted by Gasteiger charge is -2.31. The third-order valence-electron chi connectivity index (χ3n) is 4.75. The Balaban J connectivity index is 1.57. The van der Waals surface area contributed by atoms with Crippen LogP contribution in [0.25, 0.3) is 0 Å². The highest BCUT2D eigenvalue weighted by Crippen LogP contribution is 2.38. The molecule has 0 aromatic carbocycles. The molecule has 8 nitrogen and oxygen atoms in total. The lowest BCUT2D eigenvalue weighted by molar-refractivity contribution is -0.133. The van der Waals surface area contributed by atoms with Crippen LogP contribution in [0.3, 0.4) is 0 Å². The molecule has 3 rings (SSSR count). The van der Waals surface area contributed by atoms with Crippen LogP contribution < -0.4 is 16.4 Å². The van der Waals surface area contributed by atoms with Crippen molar-refractivity contribution in [2.24, 2.45) is 5.73 Å². The summed E-state index contributed by atoms with van der Waals surface area (Å²) in [5, 5.41) is 15.7. The molecule has 9 heteroatoms. The summed E-state index contributed by atoms with van der Waals surface area (Å²) in [6, 6.07) is -1.03. The average Bonchev–Trinajstić information content (AvgIpc) is 3.21. The first-order chi connectivity index (χ1) is 11.0. The molecule has 0 aromatic heterocycles. The molecule has 0 saturated carbocycles. The number of carbonyl (C=O) groups is 2. The van der Waals surface area contributed by atoms with Crippen LogP contribution in [0.2, 0.25) is 0 Å². The number of hydrogen-bond donors (Lipinski definition) is 4. The lowest BCUT2D eigenvalue weighted by Crippen LogP contribution is -2.55. The number of hydrogen-bond acceptors (Lipinski definition) is 7. The predicted octanol–water partition coefficient (Wildman–Crippen LogP) is -2.63. The first-order valence-electron chi connectivity index (χ1n) is 8.11. The highest BCUT2D eigenvalue weighted by molar-refractivity contribution is 8.01.